The van der Waals surface area contributed by atoms with Crippen molar-refractivity contribution in [3.8, 4) is 11.8 Å². The van der Waals surface area contributed by atoms with Crippen LogP contribution in [0.1, 0.15) is 5.56 Å². The average molecular weight is 193 g/mol. The zero-order chi connectivity index (χ0) is 10.1. The number of nitrogens with zero attached hydrogens (tertiary/aromatic N) is 1. The SMILES string of the molecule is N#CC1=Cc2c(F)ccc(F)c2OC1. The summed E-state index contributed by atoms with van der Waals surface area (Å²) >= 11 is 0. The molecule has 0 aliphatic carbocycles. The van der Waals surface area contributed by atoms with E-state index in [4.69, 9.17) is 10.00 Å². The van der Waals surface area contributed by atoms with E-state index in [1.807, 2.05) is 6.07 Å². The van der Waals surface area contributed by atoms with Crippen molar-refractivity contribution in [2.75, 3.05) is 6.61 Å². The maximum Gasteiger partial charge on any atom is 0.165 e. The van der Waals surface area contributed by atoms with E-state index in [9.17, 15) is 8.78 Å². The van der Waals surface area contributed by atoms with Crippen molar-refractivity contribution >= 4 is 6.08 Å². The summed E-state index contributed by atoms with van der Waals surface area (Å²) in [5.41, 5.74) is 0.287. The molecule has 0 saturated heterocycles. The number of benzene rings is 1. The van der Waals surface area contributed by atoms with Crippen molar-refractivity contribution in [2.45, 2.75) is 0 Å². The summed E-state index contributed by atoms with van der Waals surface area (Å²) in [7, 11) is 0. The van der Waals surface area contributed by atoms with Crippen LogP contribution in [0.2, 0.25) is 0 Å². The van der Waals surface area contributed by atoms with Crippen molar-refractivity contribution in [2.24, 2.45) is 0 Å². The Kier molecular flexibility index (Phi) is 1.93. The van der Waals surface area contributed by atoms with Crippen LogP contribution in [0.15, 0.2) is 17.7 Å². The lowest BCUT2D eigenvalue weighted by molar-refractivity contribution is 0.328. The van der Waals surface area contributed by atoms with Crippen LogP contribution >= 0.6 is 0 Å². The van der Waals surface area contributed by atoms with Gasteiger partial charge in [0, 0.05) is 0 Å². The van der Waals surface area contributed by atoms with Gasteiger partial charge in [0.1, 0.15) is 12.4 Å². The topological polar surface area (TPSA) is 33.0 Å². The van der Waals surface area contributed by atoms with E-state index >= 15 is 0 Å². The van der Waals surface area contributed by atoms with E-state index in [0.717, 1.165) is 12.1 Å². The van der Waals surface area contributed by atoms with Crippen molar-refractivity contribution in [1.29, 1.82) is 5.26 Å². The second-order valence-corrected chi connectivity index (χ2v) is 2.84. The molecule has 1 aliphatic rings. The fraction of sp³-hybridized carbons (Fsp3) is 0.100. The fourth-order valence-electron chi connectivity index (χ4n) is 1.26. The van der Waals surface area contributed by atoms with Gasteiger partial charge >= 0.3 is 0 Å². The van der Waals surface area contributed by atoms with Crippen LogP contribution in [-0.4, -0.2) is 6.61 Å². The number of rotatable bonds is 0. The monoisotopic (exact) mass is 193 g/mol. The number of nitriles is 1. The summed E-state index contributed by atoms with van der Waals surface area (Å²) < 4.78 is 31.2. The Balaban J connectivity index is 2.64. The van der Waals surface area contributed by atoms with Gasteiger partial charge in [0.15, 0.2) is 11.6 Å². The van der Waals surface area contributed by atoms with Crippen LogP contribution in [0.25, 0.3) is 6.08 Å². The predicted molar refractivity (Wildman–Crippen MR) is 45.4 cm³/mol. The molecule has 0 amide bonds. The van der Waals surface area contributed by atoms with Crippen molar-refractivity contribution in [3.05, 3.63) is 34.9 Å². The second-order valence-electron chi connectivity index (χ2n) is 2.84. The average Bonchev–Trinajstić information content (AvgIpc) is 2.23. The van der Waals surface area contributed by atoms with Gasteiger partial charge < -0.3 is 4.74 Å². The Labute approximate surface area is 79.0 Å². The van der Waals surface area contributed by atoms with Crippen LogP contribution in [0, 0.1) is 23.0 Å². The standard InChI is InChI=1S/C10H5F2NO/c11-8-1-2-9(12)10-7(8)3-6(4-13)5-14-10/h1-3H,5H2. The number of halogens is 2. The first-order valence-electron chi connectivity index (χ1n) is 3.94. The first-order valence-corrected chi connectivity index (χ1v) is 3.94. The van der Waals surface area contributed by atoms with Crippen LogP contribution in [0.3, 0.4) is 0 Å². The van der Waals surface area contributed by atoms with Crippen LogP contribution < -0.4 is 4.74 Å². The van der Waals surface area contributed by atoms with Crippen LogP contribution in [0.5, 0.6) is 5.75 Å². The fourth-order valence-corrected chi connectivity index (χ4v) is 1.26. The van der Waals surface area contributed by atoms with Gasteiger partial charge in [-0.2, -0.15) is 5.26 Å². The summed E-state index contributed by atoms with van der Waals surface area (Å²) in [5, 5.41) is 8.56. The van der Waals surface area contributed by atoms with E-state index < -0.39 is 11.6 Å². The molecule has 0 fully saturated rings. The van der Waals surface area contributed by atoms with Gasteiger partial charge in [0.2, 0.25) is 0 Å². The Morgan fingerprint density at radius 3 is 2.71 bits per heavy atom. The highest BCUT2D eigenvalue weighted by molar-refractivity contribution is 5.65. The first kappa shape index (κ1) is 8.70. The lowest BCUT2D eigenvalue weighted by atomic mass is 10.1. The lowest BCUT2D eigenvalue weighted by Crippen LogP contribution is -2.08. The van der Waals surface area contributed by atoms with Gasteiger partial charge in [-0.05, 0) is 18.2 Å². The minimum atomic E-state index is -0.616. The number of hydrogen-bond acceptors (Lipinski definition) is 2. The quantitative estimate of drug-likeness (QED) is 0.633. The predicted octanol–water partition coefficient (Wildman–Crippen LogP) is 2.26. The number of fused-ring (bicyclic) bond motifs is 1. The molecule has 0 radical (unpaired) electrons. The molecule has 0 atom stereocenters. The van der Waals surface area contributed by atoms with Crippen molar-refractivity contribution < 1.29 is 13.5 Å². The molecule has 4 heteroatoms. The summed E-state index contributed by atoms with van der Waals surface area (Å²) in [4.78, 5) is 0. The Bertz CT molecular complexity index is 460. The van der Waals surface area contributed by atoms with E-state index in [2.05, 4.69) is 0 Å². The lowest BCUT2D eigenvalue weighted by Gasteiger charge is -2.15. The largest absolute Gasteiger partial charge is 0.484 e. The molecule has 1 heterocycles. The molecule has 2 nitrogen and oxygen atoms in total. The second kappa shape index (κ2) is 3.11. The zero-order valence-corrected chi connectivity index (χ0v) is 7.05. The first-order chi connectivity index (χ1) is 6.72. The van der Waals surface area contributed by atoms with Gasteiger partial charge in [0.05, 0.1) is 17.2 Å². The highest BCUT2D eigenvalue weighted by Crippen LogP contribution is 2.30. The van der Waals surface area contributed by atoms with E-state index in [0.29, 0.717) is 0 Å². The normalized spacial score (nSPS) is 13.6. The van der Waals surface area contributed by atoms with E-state index in [1.165, 1.54) is 6.08 Å². The third-order valence-electron chi connectivity index (χ3n) is 1.93. The Morgan fingerprint density at radius 2 is 2.00 bits per heavy atom. The highest BCUT2D eigenvalue weighted by Gasteiger charge is 2.18. The summed E-state index contributed by atoms with van der Waals surface area (Å²) in [6, 6.07) is 3.85. The Hall–Kier alpha value is -1.89. The summed E-state index contributed by atoms with van der Waals surface area (Å²) in [5.74, 6) is -1.33. The molecule has 0 saturated carbocycles. The van der Waals surface area contributed by atoms with Gasteiger partial charge in [0.25, 0.3) is 0 Å². The third kappa shape index (κ3) is 1.23. The molecule has 0 bridgehead atoms. The molecule has 0 spiro atoms. The molecule has 1 aromatic carbocycles. The number of hydrogen-bond donors (Lipinski definition) is 0. The van der Waals surface area contributed by atoms with E-state index in [-0.39, 0.29) is 23.5 Å². The van der Waals surface area contributed by atoms with E-state index in [1.54, 1.807) is 0 Å². The molecule has 1 aromatic rings. The van der Waals surface area contributed by atoms with Crippen LogP contribution in [-0.2, 0) is 0 Å². The van der Waals surface area contributed by atoms with Gasteiger partial charge in [-0.1, -0.05) is 0 Å². The number of ether oxygens (including phenoxy) is 1. The van der Waals surface area contributed by atoms with Crippen molar-refractivity contribution in [3.63, 3.8) is 0 Å². The maximum absolute atomic E-state index is 13.2. The minimum Gasteiger partial charge on any atom is -0.484 e. The molecule has 1 aliphatic heterocycles. The molecule has 0 N–H and O–H groups in total. The summed E-state index contributed by atoms with van der Waals surface area (Å²) in [6.07, 6.45) is 1.30. The maximum atomic E-state index is 13.2. The van der Waals surface area contributed by atoms with Gasteiger partial charge in [-0.25, -0.2) is 8.78 Å². The van der Waals surface area contributed by atoms with Crippen LogP contribution in [0.4, 0.5) is 8.78 Å². The molecular formula is C10H5F2NO. The van der Waals surface area contributed by atoms with Gasteiger partial charge in [-0.15, -0.1) is 0 Å². The minimum absolute atomic E-state index is 0.00722. The highest BCUT2D eigenvalue weighted by atomic mass is 19.1. The Morgan fingerprint density at radius 1 is 1.29 bits per heavy atom. The third-order valence-corrected chi connectivity index (χ3v) is 1.93. The van der Waals surface area contributed by atoms with Gasteiger partial charge in [-0.3, -0.25) is 0 Å². The molecule has 0 unspecified atom stereocenters. The molecule has 2 rings (SSSR count). The molecule has 14 heavy (non-hydrogen) atoms. The smallest absolute Gasteiger partial charge is 0.165 e. The van der Waals surface area contributed by atoms with Crippen molar-refractivity contribution in [1.82, 2.24) is 0 Å². The molecule has 70 valence electrons. The molecular weight excluding hydrogens is 188 g/mol. The zero-order valence-electron chi connectivity index (χ0n) is 7.05. The summed E-state index contributed by atoms with van der Waals surface area (Å²) in [6.45, 7) is -0.0100. The molecule has 0 aromatic heterocycles.